The van der Waals surface area contributed by atoms with E-state index in [9.17, 15) is 17.6 Å². The minimum absolute atomic E-state index is 0.0566. The van der Waals surface area contributed by atoms with Crippen molar-refractivity contribution < 1.29 is 22.3 Å². The van der Waals surface area contributed by atoms with Gasteiger partial charge < -0.3 is 4.74 Å². The van der Waals surface area contributed by atoms with E-state index in [1.165, 1.54) is 0 Å². The Bertz CT molecular complexity index is 524. The number of benzene rings is 1. The van der Waals surface area contributed by atoms with Crippen LogP contribution >= 0.6 is 11.8 Å². The number of nitrogens with zero attached hydrogens (tertiary/aromatic N) is 2. The third-order valence-corrected chi connectivity index (χ3v) is 2.31. The summed E-state index contributed by atoms with van der Waals surface area (Å²) in [6, 6.07) is 2.52. The number of halogens is 4. The molecule has 0 spiro atoms. The first kappa shape index (κ1) is 15.1. The van der Waals surface area contributed by atoms with E-state index in [1.807, 2.05) is 0 Å². The highest BCUT2D eigenvalue weighted by Gasteiger charge is 2.32. The smallest absolute Gasteiger partial charge is 0.403 e. The fourth-order valence-electron chi connectivity index (χ4n) is 1.07. The van der Waals surface area contributed by atoms with E-state index in [-0.39, 0.29) is 10.9 Å². The second-order valence-corrected chi connectivity index (χ2v) is 3.81. The molecule has 1 N–H and O–H groups in total. The second kappa shape index (κ2) is 6.29. The molecule has 4 nitrogen and oxygen atoms in total. The van der Waals surface area contributed by atoms with E-state index >= 15 is 0 Å². The van der Waals surface area contributed by atoms with Crippen LogP contribution in [0.2, 0.25) is 0 Å². The number of alkyl halides is 3. The van der Waals surface area contributed by atoms with Crippen molar-refractivity contribution in [3.05, 3.63) is 24.0 Å². The Morgan fingerprint density at radius 1 is 1.47 bits per heavy atom. The predicted molar refractivity (Wildman–Crippen MR) is 62.4 cm³/mol. The molecule has 0 amide bonds. The lowest BCUT2D eigenvalue weighted by atomic mass is 10.3. The van der Waals surface area contributed by atoms with Crippen molar-refractivity contribution in [2.24, 2.45) is 4.99 Å². The van der Waals surface area contributed by atoms with Crippen molar-refractivity contribution in [2.45, 2.75) is 6.36 Å². The Hall–Kier alpha value is -1.95. The lowest BCUT2D eigenvalue weighted by molar-refractivity contribution is -0.274. The molecular weight excluding hydrogens is 286 g/mol. The molecule has 0 radical (unpaired) electrons. The topological polar surface area (TPSA) is 57.4 Å². The van der Waals surface area contributed by atoms with E-state index < -0.39 is 17.9 Å². The molecule has 0 aliphatic carbocycles. The number of ether oxygens (including phenoxy) is 1. The summed E-state index contributed by atoms with van der Waals surface area (Å²) in [4.78, 5) is 3.75. The molecule has 1 aromatic rings. The maximum absolute atomic E-state index is 12.9. The minimum Gasteiger partial charge on any atom is -0.403 e. The zero-order chi connectivity index (χ0) is 14.5. The molecule has 19 heavy (non-hydrogen) atoms. The number of hydrogen-bond donors (Lipinski definition) is 1. The van der Waals surface area contributed by atoms with Crippen molar-refractivity contribution in [1.29, 1.82) is 5.26 Å². The summed E-state index contributed by atoms with van der Waals surface area (Å²) in [5.41, 5.74) is -0.245. The van der Waals surface area contributed by atoms with Gasteiger partial charge in [-0.2, -0.15) is 5.26 Å². The summed E-state index contributed by atoms with van der Waals surface area (Å²) < 4.78 is 53.1. The largest absolute Gasteiger partial charge is 0.573 e. The Kier molecular flexibility index (Phi) is 5.00. The number of nitrogens with one attached hydrogen (secondary N) is 1. The zero-order valence-electron chi connectivity index (χ0n) is 9.45. The second-order valence-electron chi connectivity index (χ2n) is 3.02. The molecule has 9 heteroatoms. The van der Waals surface area contributed by atoms with Gasteiger partial charge in [-0.1, -0.05) is 11.8 Å². The van der Waals surface area contributed by atoms with Gasteiger partial charge in [0.2, 0.25) is 0 Å². The summed E-state index contributed by atoms with van der Waals surface area (Å²) in [6.07, 6.45) is -1.81. The Morgan fingerprint density at radius 3 is 2.68 bits per heavy atom. The van der Waals surface area contributed by atoms with Crippen LogP contribution in [0.5, 0.6) is 5.75 Å². The van der Waals surface area contributed by atoms with Crippen molar-refractivity contribution in [1.82, 2.24) is 5.32 Å². The quantitative estimate of drug-likeness (QED) is 0.299. The number of rotatable bonds is 2. The highest BCUT2D eigenvalue weighted by Crippen LogP contribution is 2.33. The van der Waals surface area contributed by atoms with Crippen LogP contribution in [0.15, 0.2) is 23.2 Å². The lowest BCUT2D eigenvalue weighted by Crippen LogP contribution is -2.17. The molecule has 1 rings (SSSR count). The number of amidine groups is 1. The van der Waals surface area contributed by atoms with Gasteiger partial charge >= 0.3 is 6.36 Å². The van der Waals surface area contributed by atoms with Crippen LogP contribution in [0.25, 0.3) is 0 Å². The van der Waals surface area contributed by atoms with Gasteiger partial charge in [-0.15, -0.1) is 13.2 Å². The zero-order valence-corrected chi connectivity index (χ0v) is 10.3. The lowest BCUT2D eigenvalue weighted by Gasteiger charge is -2.11. The van der Waals surface area contributed by atoms with Gasteiger partial charge in [0.1, 0.15) is 11.5 Å². The standard InChI is InChI=1S/C10H7F4N3OS/c1-19-9(16-5-15)17-7-3-2-6(11)4-8(7)18-10(12,13)14/h2-4H,1H3,(H,16,17). The molecule has 0 aromatic heterocycles. The number of nitriles is 1. The molecule has 0 fully saturated rings. The third-order valence-electron chi connectivity index (χ3n) is 1.73. The molecule has 1 aromatic carbocycles. The summed E-state index contributed by atoms with van der Waals surface area (Å²) in [5.74, 6) is -1.67. The van der Waals surface area contributed by atoms with Crippen molar-refractivity contribution in [3.8, 4) is 11.9 Å². The molecule has 0 aliphatic heterocycles. The van der Waals surface area contributed by atoms with E-state index in [2.05, 4.69) is 15.0 Å². The molecule has 0 atom stereocenters. The third kappa shape index (κ3) is 5.05. The number of thioether (sulfide) groups is 1. The fraction of sp³-hybridized carbons (Fsp3) is 0.200. The van der Waals surface area contributed by atoms with E-state index in [1.54, 1.807) is 12.4 Å². The number of hydrogen-bond acceptors (Lipinski definition) is 4. The molecule has 102 valence electrons. The predicted octanol–water partition coefficient (Wildman–Crippen LogP) is 3.15. The van der Waals surface area contributed by atoms with Crippen molar-refractivity contribution in [3.63, 3.8) is 0 Å². The summed E-state index contributed by atoms with van der Waals surface area (Å²) in [5, 5.41) is 10.6. The minimum atomic E-state index is -4.96. The average Bonchev–Trinajstić information content (AvgIpc) is 2.29. The van der Waals surface area contributed by atoms with Gasteiger partial charge in [-0.05, 0) is 18.4 Å². The van der Waals surface area contributed by atoms with Crippen molar-refractivity contribution >= 4 is 22.6 Å². The van der Waals surface area contributed by atoms with Gasteiger partial charge in [0.25, 0.3) is 0 Å². The molecule has 0 unspecified atom stereocenters. The molecule has 0 saturated heterocycles. The molecule has 0 aliphatic rings. The maximum Gasteiger partial charge on any atom is 0.573 e. The Labute approximate surface area is 110 Å². The normalized spacial score (nSPS) is 11.9. The van der Waals surface area contributed by atoms with Gasteiger partial charge in [0, 0.05) is 6.07 Å². The van der Waals surface area contributed by atoms with Crippen LogP contribution in [0.3, 0.4) is 0 Å². The molecular formula is C10H7F4N3OS. The van der Waals surface area contributed by atoms with E-state index in [0.29, 0.717) is 6.07 Å². The fourth-order valence-corrected chi connectivity index (χ4v) is 1.41. The maximum atomic E-state index is 12.9. The SMILES string of the molecule is CSC(=Nc1ccc(F)cc1OC(F)(F)F)NC#N. The van der Waals surface area contributed by atoms with Crippen LogP contribution in [0.1, 0.15) is 0 Å². The van der Waals surface area contributed by atoms with Crippen LogP contribution in [-0.4, -0.2) is 17.8 Å². The number of aliphatic imine (C=N–C) groups is 1. The highest BCUT2D eigenvalue weighted by molar-refractivity contribution is 8.13. The van der Waals surface area contributed by atoms with Gasteiger partial charge in [0.15, 0.2) is 17.1 Å². The summed E-state index contributed by atoms with van der Waals surface area (Å²) >= 11 is 1.01. The van der Waals surface area contributed by atoms with Gasteiger partial charge in [-0.3, -0.25) is 5.32 Å². The van der Waals surface area contributed by atoms with Crippen LogP contribution in [0, 0.1) is 17.3 Å². The molecule has 0 bridgehead atoms. The Balaban J connectivity index is 3.16. The average molecular weight is 293 g/mol. The van der Waals surface area contributed by atoms with E-state index in [0.717, 1.165) is 23.9 Å². The van der Waals surface area contributed by atoms with Crippen LogP contribution in [0.4, 0.5) is 23.2 Å². The summed E-state index contributed by atoms with van der Waals surface area (Å²) in [6.45, 7) is 0. The Morgan fingerprint density at radius 2 is 2.16 bits per heavy atom. The molecule has 0 heterocycles. The monoisotopic (exact) mass is 293 g/mol. The van der Waals surface area contributed by atoms with Crippen LogP contribution in [-0.2, 0) is 0 Å². The van der Waals surface area contributed by atoms with Gasteiger partial charge in [-0.25, -0.2) is 9.38 Å². The van der Waals surface area contributed by atoms with Crippen LogP contribution < -0.4 is 10.1 Å². The van der Waals surface area contributed by atoms with Gasteiger partial charge in [0.05, 0.1) is 0 Å². The first-order valence-corrected chi connectivity index (χ1v) is 5.91. The summed E-state index contributed by atoms with van der Waals surface area (Å²) in [7, 11) is 0. The van der Waals surface area contributed by atoms with Crippen molar-refractivity contribution in [2.75, 3.05) is 6.26 Å². The highest BCUT2D eigenvalue weighted by atomic mass is 32.2. The first-order valence-electron chi connectivity index (χ1n) is 4.69. The molecule has 0 saturated carbocycles. The first-order chi connectivity index (χ1) is 8.85. The van der Waals surface area contributed by atoms with E-state index in [4.69, 9.17) is 5.26 Å².